The highest BCUT2D eigenvalue weighted by atomic mass is 19.1. The number of nitrogens with one attached hydrogen (secondary N) is 2. The van der Waals surface area contributed by atoms with Gasteiger partial charge in [0.1, 0.15) is 23.7 Å². The molecule has 11 heteroatoms. The van der Waals surface area contributed by atoms with Gasteiger partial charge in [-0.2, -0.15) is 0 Å². The van der Waals surface area contributed by atoms with Gasteiger partial charge in [0, 0.05) is 37.1 Å². The van der Waals surface area contributed by atoms with Gasteiger partial charge in [-0.15, -0.1) is 0 Å². The molecule has 1 aromatic heterocycles. The minimum absolute atomic E-state index is 0.101. The van der Waals surface area contributed by atoms with Crippen LogP contribution in [-0.2, 0) is 14.4 Å². The van der Waals surface area contributed by atoms with Crippen molar-refractivity contribution < 1.29 is 23.5 Å². The summed E-state index contributed by atoms with van der Waals surface area (Å²) in [6, 6.07) is 20.2. The van der Waals surface area contributed by atoms with Crippen molar-refractivity contribution in [2.45, 2.75) is 25.3 Å². The van der Waals surface area contributed by atoms with E-state index in [0.29, 0.717) is 35.4 Å². The van der Waals surface area contributed by atoms with Crippen LogP contribution < -0.4 is 25.3 Å². The standard InChI is InChI=1S/C36H37FN6O4/c1-3-35(44)41-28-18-29(32(45-2)19-31(28)42-13-11-36(12-14-42)21-46-22-36)40-33-20-34(39-23-38-33)43-30(10-15-47-43)26-8-4-6-24(16-26)25-7-5-9-27(37)17-25/h3-9,16-20,23,30H,1,10-15,21-22H2,2H3,(H,41,44)(H,38,39,40). The first-order valence-electron chi connectivity index (χ1n) is 15.8. The van der Waals surface area contributed by atoms with E-state index < -0.39 is 0 Å². The quantitative estimate of drug-likeness (QED) is 0.195. The molecule has 242 valence electrons. The lowest BCUT2D eigenvalue weighted by Gasteiger charge is -2.48. The molecule has 3 aliphatic heterocycles. The number of aromatic nitrogens is 2. The number of hydroxylamine groups is 1. The second-order valence-electron chi connectivity index (χ2n) is 12.2. The molecule has 1 amide bonds. The number of hydrogen-bond donors (Lipinski definition) is 2. The van der Waals surface area contributed by atoms with Gasteiger partial charge in [-0.1, -0.05) is 36.9 Å². The summed E-state index contributed by atoms with van der Waals surface area (Å²) < 4.78 is 25.3. The Hall–Kier alpha value is -5.00. The van der Waals surface area contributed by atoms with Gasteiger partial charge in [0.15, 0.2) is 5.82 Å². The topological polar surface area (TPSA) is 101 Å². The maximum Gasteiger partial charge on any atom is 0.247 e. The van der Waals surface area contributed by atoms with Crippen molar-refractivity contribution in [2.75, 3.05) is 60.6 Å². The van der Waals surface area contributed by atoms with Crippen molar-refractivity contribution in [2.24, 2.45) is 5.41 Å². The van der Waals surface area contributed by atoms with Crippen molar-refractivity contribution in [3.63, 3.8) is 0 Å². The summed E-state index contributed by atoms with van der Waals surface area (Å²) in [5.41, 5.74) is 5.21. The number of carbonyl (C=O) groups excluding carboxylic acids is 1. The van der Waals surface area contributed by atoms with E-state index in [-0.39, 0.29) is 23.2 Å². The number of methoxy groups -OCH3 is 1. The van der Waals surface area contributed by atoms with Crippen molar-refractivity contribution >= 4 is 34.6 Å². The molecule has 0 bridgehead atoms. The summed E-state index contributed by atoms with van der Waals surface area (Å²) in [6.45, 7) is 7.50. The highest BCUT2D eigenvalue weighted by Crippen LogP contribution is 2.44. The molecule has 10 nitrogen and oxygen atoms in total. The lowest BCUT2D eigenvalue weighted by Crippen LogP contribution is -2.51. The molecular weight excluding hydrogens is 599 g/mol. The van der Waals surface area contributed by atoms with E-state index in [1.165, 1.54) is 24.5 Å². The average Bonchev–Trinajstić information content (AvgIpc) is 3.58. The predicted molar refractivity (Wildman–Crippen MR) is 179 cm³/mol. The lowest BCUT2D eigenvalue weighted by molar-refractivity contribution is -0.124. The Morgan fingerprint density at radius 2 is 1.83 bits per heavy atom. The van der Waals surface area contributed by atoms with Crippen LogP contribution in [0.2, 0.25) is 0 Å². The number of anilines is 5. The number of benzene rings is 3. The number of ether oxygens (including phenoxy) is 2. The van der Waals surface area contributed by atoms with Crippen LogP contribution in [-0.4, -0.2) is 55.9 Å². The summed E-state index contributed by atoms with van der Waals surface area (Å²) in [7, 11) is 1.62. The highest BCUT2D eigenvalue weighted by molar-refractivity contribution is 6.02. The lowest BCUT2D eigenvalue weighted by atomic mass is 9.76. The first-order chi connectivity index (χ1) is 22.9. The molecule has 3 aromatic carbocycles. The molecule has 3 fully saturated rings. The summed E-state index contributed by atoms with van der Waals surface area (Å²) in [6.07, 6.45) is 5.56. The van der Waals surface area contributed by atoms with Crippen LogP contribution in [0.3, 0.4) is 0 Å². The van der Waals surface area contributed by atoms with E-state index in [1.54, 1.807) is 18.2 Å². The van der Waals surface area contributed by atoms with Crippen LogP contribution in [0.5, 0.6) is 5.75 Å². The third kappa shape index (κ3) is 6.36. The molecule has 47 heavy (non-hydrogen) atoms. The van der Waals surface area contributed by atoms with Gasteiger partial charge in [-0.25, -0.2) is 19.4 Å². The maximum atomic E-state index is 13.9. The molecule has 4 aromatic rings. The van der Waals surface area contributed by atoms with Gasteiger partial charge >= 0.3 is 0 Å². The number of halogens is 1. The Labute approximate surface area is 273 Å². The summed E-state index contributed by atoms with van der Waals surface area (Å²) in [4.78, 5) is 29.8. The van der Waals surface area contributed by atoms with Crippen molar-refractivity contribution in [3.8, 4) is 16.9 Å². The zero-order chi connectivity index (χ0) is 32.4. The Morgan fingerprint density at radius 3 is 2.55 bits per heavy atom. The third-order valence-corrected chi connectivity index (χ3v) is 9.22. The van der Waals surface area contributed by atoms with E-state index in [9.17, 15) is 9.18 Å². The van der Waals surface area contributed by atoms with Crippen molar-refractivity contribution in [1.29, 1.82) is 0 Å². The SMILES string of the molecule is C=CC(=O)Nc1cc(Nc2cc(N3OCCC3c3cccc(-c4cccc(F)c4)c3)ncn2)c(OC)cc1N1CCC2(CC1)COC2. The largest absolute Gasteiger partial charge is 0.494 e. The van der Waals surface area contributed by atoms with Crippen LogP contribution in [0.15, 0.2) is 85.7 Å². The maximum absolute atomic E-state index is 13.9. The van der Waals surface area contributed by atoms with E-state index in [1.807, 2.05) is 42.5 Å². The number of hydrogen-bond acceptors (Lipinski definition) is 9. The summed E-state index contributed by atoms with van der Waals surface area (Å²) in [5.74, 6) is 1.14. The fourth-order valence-electron chi connectivity index (χ4n) is 6.55. The molecule has 7 rings (SSSR count). The molecule has 1 atom stereocenters. The fraction of sp³-hybridized carbons (Fsp3) is 0.306. The second kappa shape index (κ2) is 13.0. The van der Waals surface area contributed by atoms with E-state index in [2.05, 4.69) is 38.1 Å². The van der Waals surface area contributed by atoms with Crippen molar-refractivity contribution in [3.05, 3.63) is 97.1 Å². The Kier molecular flexibility index (Phi) is 8.48. The molecule has 3 aliphatic rings. The summed E-state index contributed by atoms with van der Waals surface area (Å²) >= 11 is 0. The van der Waals surface area contributed by atoms with Crippen LogP contribution in [0.1, 0.15) is 30.9 Å². The number of piperidine rings is 1. The zero-order valence-corrected chi connectivity index (χ0v) is 26.2. The minimum Gasteiger partial charge on any atom is -0.494 e. The average molecular weight is 637 g/mol. The van der Waals surface area contributed by atoms with Gasteiger partial charge < -0.3 is 25.0 Å². The molecule has 2 N–H and O–H groups in total. The van der Waals surface area contributed by atoms with Crippen molar-refractivity contribution in [1.82, 2.24) is 9.97 Å². The Morgan fingerprint density at radius 1 is 1.04 bits per heavy atom. The molecule has 0 aliphatic carbocycles. The zero-order valence-electron chi connectivity index (χ0n) is 26.2. The molecule has 4 heterocycles. The second-order valence-corrected chi connectivity index (χ2v) is 12.2. The molecule has 1 spiro atoms. The summed E-state index contributed by atoms with van der Waals surface area (Å²) in [5, 5.41) is 8.14. The number of amides is 1. The van der Waals surface area contributed by atoms with E-state index in [4.69, 9.17) is 14.3 Å². The number of rotatable bonds is 9. The van der Waals surface area contributed by atoms with Gasteiger partial charge in [0.25, 0.3) is 0 Å². The highest BCUT2D eigenvalue weighted by Gasteiger charge is 2.41. The predicted octanol–water partition coefficient (Wildman–Crippen LogP) is 6.66. The van der Waals surface area contributed by atoms with Gasteiger partial charge in [-0.3, -0.25) is 9.63 Å². The normalized spacial score (nSPS) is 18.5. The van der Waals surface area contributed by atoms with Crippen LogP contribution in [0.25, 0.3) is 11.1 Å². The Bertz CT molecular complexity index is 1790. The molecular formula is C36H37FN6O4. The van der Waals surface area contributed by atoms with Gasteiger partial charge in [0.2, 0.25) is 5.91 Å². The number of nitrogens with zero attached hydrogens (tertiary/aromatic N) is 4. The molecule has 3 saturated heterocycles. The monoisotopic (exact) mass is 636 g/mol. The smallest absolute Gasteiger partial charge is 0.247 e. The van der Waals surface area contributed by atoms with Gasteiger partial charge in [-0.05, 0) is 59.9 Å². The minimum atomic E-state index is -0.300. The number of carbonyl (C=O) groups is 1. The first kappa shape index (κ1) is 30.6. The molecule has 0 radical (unpaired) electrons. The van der Waals surface area contributed by atoms with Crippen LogP contribution in [0.4, 0.5) is 33.1 Å². The van der Waals surface area contributed by atoms with Crippen LogP contribution in [0, 0.1) is 11.2 Å². The first-order valence-corrected chi connectivity index (χ1v) is 15.8. The van der Waals surface area contributed by atoms with Gasteiger partial charge in [0.05, 0.1) is 50.0 Å². The van der Waals surface area contributed by atoms with E-state index in [0.717, 1.165) is 67.9 Å². The van der Waals surface area contributed by atoms with E-state index >= 15 is 0 Å². The molecule has 1 unspecified atom stereocenters. The third-order valence-electron chi connectivity index (χ3n) is 9.22. The molecule has 0 saturated carbocycles. The Balaban J connectivity index is 1.14. The fourth-order valence-corrected chi connectivity index (χ4v) is 6.55. The van der Waals surface area contributed by atoms with Crippen LogP contribution >= 0.6 is 0 Å².